The second-order valence-corrected chi connectivity index (χ2v) is 6.18. The van der Waals surface area contributed by atoms with E-state index < -0.39 is 0 Å². The molecule has 4 nitrogen and oxygen atoms in total. The van der Waals surface area contributed by atoms with Gasteiger partial charge in [0.25, 0.3) is 5.91 Å². The molecule has 1 aliphatic rings. The lowest BCUT2D eigenvalue weighted by Gasteiger charge is -2.23. The second kappa shape index (κ2) is 7.32. The number of carbonyl (C=O) groups excluding carboxylic acids is 1. The molecule has 24 heavy (non-hydrogen) atoms. The quantitative estimate of drug-likeness (QED) is 0.804. The van der Waals surface area contributed by atoms with Crippen LogP contribution in [0.5, 0.6) is 11.5 Å². The summed E-state index contributed by atoms with van der Waals surface area (Å²) in [5.74, 6) is 1.29. The molecule has 0 unspecified atom stereocenters. The number of nitrogens with zero attached hydrogens (tertiary/aromatic N) is 1. The third-order valence-corrected chi connectivity index (χ3v) is 4.65. The van der Waals surface area contributed by atoms with E-state index >= 15 is 0 Å². The van der Waals surface area contributed by atoms with Gasteiger partial charge in [-0.25, -0.2) is 0 Å². The van der Waals surface area contributed by atoms with Crippen molar-refractivity contribution < 1.29 is 14.3 Å². The molecule has 6 heteroatoms. The summed E-state index contributed by atoms with van der Waals surface area (Å²) >= 11 is 12.2. The Bertz CT molecular complexity index is 764. The fourth-order valence-electron chi connectivity index (χ4n) is 2.57. The molecule has 0 radical (unpaired) electrons. The number of hydrogen-bond donors (Lipinski definition) is 0. The van der Waals surface area contributed by atoms with Gasteiger partial charge in [-0.05, 0) is 36.8 Å². The highest BCUT2D eigenvalue weighted by Gasteiger charge is 2.20. The van der Waals surface area contributed by atoms with Crippen molar-refractivity contribution in [2.75, 3.05) is 19.8 Å². The highest BCUT2D eigenvalue weighted by atomic mass is 35.5. The molecule has 0 saturated carbocycles. The predicted molar refractivity (Wildman–Crippen MR) is 94.3 cm³/mol. The molecular formula is C18H17Cl2NO3. The molecule has 3 rings (SSSR count). The third kappa shape index (κ3) is 3.45. The van der Waals surface area contributed by atoms with Crippen molar-refractivity contribution >= 4 is 29.1 Å². The molecule has 0 aliphatic carbocycles. The Kier molecular flexibility index (Phi) is 5.17. The predicted octanol–water partition coefficient (Wildman–Crippen LogP) is 4.43. The van der Waals surface area contributed by atoms with E-state index in [2.05, 4.69) is 0 Å². The number of carbonyl (C=O) groups is 1. The van der Waals surface area contributed by atoms with Gasteiger partial charge in [-0.1, -0.05) is 35.3 Å². The molecule has 1 aliphatic heterocycles. The Balaban J connectivity index is 1.81. The molecule has 0 atom stereocenters. The minimum atomic E-state index is -0.153. The van der Waals surface area contributed by atoms with E-state index in [-0.39, 0.29) is 10.9 Å². The number of amides is 1. The van der Waals surface area contributed by atoms with Crippen LogP contribution in [0.3, 0.4) is 0 Å². The summed E-state index contributed by atoms with van der Waals surface area (Å²) in [6.45, 7) is 4.02. The first-order valence-electron chi connectivity index (χ1n) is 7.72. The zero-order valence-electron chi connectivity index (χ0n) is 13.2. The van der Waals surface area contributed by atoms with E-state index in [9.17, 15) is 4.79 Å². The number of hydrogen-bond acceptors (Lipinski definition) is 3. The average Bonchev–Trinajstić information content (AvgIpc) is 2.61. The lowest BCUT2D eigenvalue weighted by atomic mass is 10.1. The van der Waals surface area contributed by atoms with Crippen molar-refractivity contribution in [1.82, 2.24) is 4.90 Å². The van der Waals surface area contributed by atoms with Gasteiger partial charge in [-0.3, -0.25) is 4.79 Å². The molecule has 0 N–H and O–H groups in total. The Morgan fingerprint density at radius 3 is 2.62 bits per heavy atom. The van der Waals surface area contributed by atoms with Crippen LogP contribution in [0.25, 0.3) is 0 Å². The number of ether oxygens (including phenoxy) is 2. The summed E-state index contributed by atoms with van der Waals surface area (Å²) in [7, 11) is 0. The standard InChI is InChI=1S/C18H17Cl2NO3/c1-2-21(18(22)13-4-3-5-14(19)17(13)20)11-12-6-7-15-16(10-12)24-9-8-23-15/h3-7,10H,2,8-9,11H2,1H3. The topological polar surface area (TPSA) is 38.8 Å². The lowest BCUT2D eigenvalue weighted by molar-refractivity contribution is 0.0752. The Hall–Kier alpha value is -1.91. The monoisotopic (exact) mass is 365 g/mol. The average molecular weight is 366 g/mol. The van der Waals surface area contributed by atoms with E-state index in [0.29, 0.717) is 42.6 Å². The molecule has 0 bridgehead atoms. The van der Waals surface area contributed by atoms with E-state index in [1.54, 1.807) is 23.1 Å². The molecule has 0 fully saturated rings. The molecule has 2 aromatic rings. The largest absolute Gasteiger partial charge is 0.486 e. The van der Waals surface area contributed by atoms with Gasteiger partial charge < -0.3 is 14.4 Å². The Labute approximate surface area is 150 Å². The summed E-state index contributed by atoms with van der Waals surface area (Å²) in [5, 5.41) is 0.655. The smallest absolute Gasteiger partial charge is 0.255 e. The van der Waals surface area contributed by atoms with Gasteiger partial charge in [-0.2, -0.15) is 0 Å². The Morgan fingerprint density at radius 1 is 1.12 bits per heavy atom. The minimum Gasteiger partial charge on any atom is -0.486 e. The molecule has 0 saturated heterocycles. The first-order chi connectivity index (χ1) is 11.6. The number of benzene rings is 2. The summed E-state index contributed by atoms with van der Waals surface area (Å²) in [6.07, 6.45) is 0. The van der Waals surface area contributed by atoms with Crippen LogP contribution in [-0.2, 0) is 6.54 Å². The van der Waals surface area contributed by atoms with Gasteiger partial charge in [0.1, 0.15) is 13.2 Å². The van der Waals surface area contributed by atoms with Gasteiger partial charge in [-0.15, -0.1) is 0 Å². The first-order valence-corrected chi connectivity index (χ1v) is 8.47. The van der Waals surface area contributed by atoms with Crippen LogP contribution in [-0.4, -0.2) is 30.6 Å². The molecule has 126 valence electrons. The molecule has 2 aromatic carbocycles. The van der Waals surface area contributed by atoms with Crippen LogP contribution in [0.15, 0.2) is 36.4 Å². The number of halogens is 2. The van der Waals surface area contributed by atoms with Crippen molar-refractivity contribution in [2.45, 2.75) is 13.5 Å². The van der Waals surface area contributed by atoms with Crippen LogP contribution in [0.1, 0.15) is 22.8 Å². The fraction of sp³-hybridized carbons (Fsp3) is 0.278. The van der Waals surface area contributed by atoms with E-state index in [1.165, 1.54) is 0 Å². The maximum Gasteiger partial charge on any atom is 0.255 e. The number of fused-ring (bicyclic) bond motifs is 1. The molecule has 0 spiro atoms. The lowest BCUT2D eigenvalue weighted by Crippen LogP contribution is -2.30. The van der Waals surface area contributed by atoms with Gasteiger partial charge in [0, 0.05) is 13.1 Å². The molecular weight excluding hydrogens is 349 g/mol. The van der Waals surface area contributed by atoms with Crippen molar-refractivity contribution in [2.24, 2.45) is 0 Å². The summed E-state index contributed by atoms with van der Waals surface area (Å²) < 4.78 is 11.1. The summed E-state index contributed by atoms with van der Waals surface area (Å²) in [5.41, 5.74) is 1.37. The zero-order valence-corrected chi connectivity index (χ0v) is 14.7. The molecule has 1 heterocycles. The SMILES string of the molecule is CCN(Cc1ccc2c(c1)OCCO2)C(=O)c1cccc(Cl)c1Cl. The van der Waals surface area contributed by atoms with Crippen LogP contribution in [0, 0.1) is 0 Å². The minimum absolute atomic E-state index is 0.153. The fourth-order valence-corrected chi connectivity index (χ4v) is 2.95. The van der Waals surface area contributed by atoms with Crippen LogP contribution in [0.2, 0.25) is 10.0 Å². The highest BCUT2D eigenvalue weighted by Crippen LogP contribution is 2.32. The van der Waals surface area contributed by atoms with Gasteiger partial charge in [0.15, 0.2) is 11.5 Å². The second-order valence-electron chi connectivity index (χ2n) is 5.40. The molecule has 1 amide bonds. The summed E-state index contributed by atoms with van der Waals surface area (Å²) in [6, 6.07) is 10.8. The Morgan fingerprint density at radius 2 is 1.88 bits per heavy atom. The van der Waals surface area contributed by atoms with E-state index in [4.69, 9.17) is 32.7 Å². The van der Waals surface area contributed by atoms with Crippen molar-refractivity contribution in [3.63, 3.8) is 0 Å². The molecule has 0 aromatic heterocycles. The van der Waals surface area contributed by atoms with Crippen LogP contribution in [0.4, 0.5) is 0 Å². The maximum atomic E-state index is 12.8. The summed E-state index contributed by atoms with van der Waals surface area (Å²) in [4.78, 5) is 14.5. The number of rotatable bonds is 4. The highest BCUT2D eigenvalue weighted by molar-refractivity contribution is 6.43. The van der Waals surface area contributed by atoms with Gasteiger partial charge >= 0.3 is 0 Å². The zero-order chi connectivity index (χ0) is 17.1. The van der Waals surface area contributed by atoms with Crippen molar-refractivity contribution in [3.8, 4) is 11.5 Å². The van der Waals surface area contributed by atoms with Gasteiger partial charge in [0.2, 0.25) is 0 Å². The third-order valence-electron chi connectivity index (χ3n) is 3.83. The maximum absolute atomic E-state index is 12.8. The van der Waals surface area contributed by atoms with Crippen LogP contribution >= 0.6 is 23.2 Å². The van der Waals surface area contributed by atoms with Crippen LogP contribution < -0.4 is 9.47 Å². The van der Waals surface area contributed by atoms with Crippen molar-refractivity contribution in [3.05, 3.63) is 57.6 Å². The van der Waals surface area contributed by atoms with Crippen molar-refractivity contribution in [1.29, 1.82) is 0 Å². The van der Waals surface area contributed by atoms with E-state index in [0.717, 1.165) is 11.3 Å². The van der Waals surface area contributed by atoms with Gasteiger partial charge in [0.05, 0.1) is 15.6 Å². The van der Waals surface area contributed by atoms with E-state index in [1.807, 2.05) is 25.1 Å². The first kappa shape index (κ1) is 16.9. The normalized spacial score (nSPS) is 12.8.